The Bertz CT molecular complexity index is 1090. The fraction of sp³-hybridized carbons (Fsp3) is 0.423. The molecule has 0 aliphatic carbocycles. The second kappa shape index (κ2) is 10.5. The van der Waals surface area contributed by atoms with Crippen molar-refractivity contribution >= 4 is 11.0 Å². The maximum absolute atomic E-state index is 12.1. The standard InChI is InChI=1S/C26H33NO4/c1-6-10-29-23-9-8-20(14-25(23)30-11-7-2)19(5)27-16-21-15-26(28)31-24-13-18(4)17(3)12-22(21)24/h8-9,12-15,19,27H,6-7,10-11,16H2,1-5H3/p+1/t19-/m0/s1. The largest absolute Gasteiger partial charge is 0.490 e. The highest BCUT2D eigenvalue weighted by molar-refractivity contribution is 5.81. The van der Waals surface area contributed by atoms with Crippen molar-refractivity contribution in [2.24, 2.45) is 0 Å². The van der Waals surface area contributed by atoms with Gasteiger partial charge in [-0.05, 0) is 75.1 Å². The average Bonchev–Trinajstić information content (AvgIpc) is 2.75. The first-order valence-electron chi connectivity index (χ1n) is 11.2. The lowest BCUT2D eigenvalue weighted by atomic mass is 10.0. The summed E-state index contributed by atoms with van der Waals surface area (Å²) in [5, 5.41) is 3.23. The number of hydrogen-bond donors (Lipinski definition) is 1. The van der Waals surface area contributed by atoms with E-state index in [0.717, 1.165) is 46.4 Å². The van der Waals surface area contributed by atoms with Gasteiger partial charge in [-0.15, -0.1) is 0 Å². The van der Waals surface area contributed by atoms with Gasteiger partial charge < -0.3 is 19.2 Å². The van der Waals surface area contributed by atoms with Crippen LogP contribution in [0.1, 0.15) is 61.9 Å². The van der Waals surface area contributed by atoms with Crippen LogP contribution in [0.4, 0.5) is 0 Å². The Morgan fingerprint density at radius 3 is 2.32 bits per heavy atom. The number of aryl methyl sites for hydroxylation is 2. The van der Waals surface area contributed by atoms with Gasteiger partial charge in [-0.2, -0.15) is 0 Å². The Balaban J connectivity index is 1.81. The third-order valence-electron chi connectivity index (χ3n) is 5.55. The van der Waals surface area contributed by atoms with Crippen LogP contribution in [0.15, 0.2) is 45.6 Å². The summed E-state index contributed by atoms with van der Waals surface area (Å²) in [7, 11) is 0. The highest BCUT2D eigenvalue weighted by atomic mass is 16.5. The van der Waals surface area contributed by atoms with Gasteiger partial charge in [-0.1, -0.05) is 13.8 Å². The first kappa shape index (κ1) is 22.9. The monoisotopic (exact) mass is 424 g/mol. The molecule has 5 nitrogen and oxygen atoms in total. The third kappa shape index (κ3) is 5.67. The predicted octanol–water partition coefficient (Wildman–Crippen LogP) is 4.81. The molecule has 0 spiro atoms. The van der Waals surface area contributed by atoms with Crippen molar-refractivity contribution in [3.05, 3.63) is 69.1 Å². The van der Waals surface area contributed by atoms with Gasteiger partial charge in [0.2, 0.25) is 0 Å². The van der Waals surface area contributed by atoms with Crippen molar-refractivity contribution in [3.8, 4) is 11.5 Å². The molecule has 1 heterocycles. The van der Waals surface area contributed by atoms with Crippen LogP contribution < -0.4 is 20.4 Å². The molecule has 0 aliphatic heterocycles. The van der Waals surface area contributed by atoms with Gasteiger partial charge >= 0.3 is 5.63 Å². The summed E-state index contributed by atoms with van der Waals surface area (Å²) in [6.45, 7) is 12.5. The first-order valence-corrected chi connectivity index (χ1v) is 11.2. The number of fused-ring (bicyclic) bond motifs is 1. The Kier molecular flexibility index (Phi) is 7.75. The maximum Gasteiger partial charge on any atom is 0.336 e. The minimum atomic E-state index is -0.306. The van der Waals surface area contributed by atoms with E-state index < -0.39 is 0 Å². The van der Waals surface area contributed by atoms with E-state index in [4.69, 9.17) is 13.9 Å². The highest BCUT2D eigenvalue weighted by Crippen LogP contribution is 2.30. The van der Waals surface area contributed by atoms with Gasteiger partial charge in [0.15, 0.2) is 11.5 Å². The van der Waals surface area contributed by atoms with Crippen molar-refractivity contribution in [3.63, 3.8) is 0 Å². The summed E-state index contributed by atoms with van der Waals surface area (Å²) >= 11 is 0. The Hall–Kier alpha value is -2.79. The second-order valence-electron chi connectivity index (χ2n) is 8.15. The molecular weight excluding hydrogens is 390 g/mol. The topological polar surface area (TPSA) is 65.3 Å². The molecule has 3 aromatic rings. The molecular formula is C26H34NO4+. The second-order valence-corrected chi connectivity index (χ2v) is 8.15. The number of nitrogens with two attached hydrogens (primary N) is 1. The maximum atomic E-state index is 12.1. The van der Waals surface area contributed by atoms with Gasteiger partial charge in [0.05, 0.1) is 13.2 Å². The molecule has 0 aliphatic rings. The predicted molar refractivity (Wildman–Crippen MR) is 124 cm³/mol. The van der Waals surface area contributed by atoms with Gasteiger partial charge in [0.1, 0.15) is 18.2 Å². The molecule has 0 amide bonds. The van der Waals surface area contributed by atoms with Crippen LogP contribution in [0, 0.1) is 13.8 Å². The zero-order valence-corrected chi connectivity index (χ0v) is 19.3. The summed E-state index contributed by atoms with van der Waals surface area (Å²) in [4.78, 5) is 12.1. The molecule has 2 N–H and O–H groups in total. The lowest BCUT2D eigenvalue weighted by molar-refractivity contribution is -0.707. The quantitative estimate of drug-likeness (QED) is 0.474. The normalized spacial score (nSPS) is 12.2. The number of benzene rings is 2. The minimum absolute atomic E-state index is 0.193. The first-order chi connectivity index (χ1) is 14.9. The van der Waals surface area contributed by atoms with E-state index in [2.05, 4.69) is 51.2 Å². The van der Waals surface area contributed by atoms with E-state index in [1.807, 2.05) is 19.1 Å². The minimum Gasteiger partial charge on any atom is -0.490 e. The Morgan fingerprint density at radius 2 is 1.61 bits per heavy atom. The van der Waals surface area contributed by atoms with Crippen molar-refractivity contribution < 1.29 is 19.2 Å². The van der Waals surface area contributed by atoms with Crippen LogP contribution in [0.25, 0.3) is 11.0 Å². The zero-order chi connectivity index (χ0) is 22.4. The molecule has 0 bridgehead atoms. The number of rotatable bonds is 10. The SMILES string of the molecule is CCCOc1ccc([C@H](C)[NH2+]Cc2cc(=O)oc3cc(C)c(C)cc23)cc1OCCC. The lowest BCUT2D eigenvalue weighted by Gasteiger charge is -2.16. The van der Waals surface area contributed by atoms with Gasteiger partial charge in [0, 0.05) is 22.6 Å². The summed E-state index contributed by atoms with van der Waals surface area (Å²) in [5.41, 5.74) is 4.81. The van der Waals surface area contributed by atoms with Gasteiger partial charge in [0.25, 0.3) is 0 Å². The lowest BCUT2D eigenvalue weighted by Crippen LogP contribution is -2.83. The van der Waals surface area contributed by atoms with Crippen molar-refractivity contribution in [2.45, 2.75) is 60.0 Å². The summed E-state index contributed by atoms with van der Waals surface area (Å²) in [6, 6.07) is 12.0. The van der Waals surface area contributed by atoms with E-state index in [1.54, 1.807) is 6.07 Å². The third-order valence-corrected chi connectivity index (χ3v) is 5.55. The number of hydrogen-bond acceptors (Lipinski definition) is 4. The smallest absolute Gasteiger partial charge is 0.336 e. The Morgan fingerprint density at radius 1 is 0.935 bits per heavy atom. The molecule has 0 fully saturated rings. The van der Waals surface area contributed by atoms with Gasteiger partial charge in [-0.25, -0.2) is 4.79 Å². The fourth-order valence-electron chi connectivity index (χ4n) is 3.56. The summed E-state index contributed by atoms with van der Waals surface area (Å²) < 4.78 is 17.2. The number of ether oxygens (including phenoxy) is 2. The molecule has 0 radical (unpaired) electrons. The molecule has 5 heteroatoms. The van der Waals surface area contributed by atoms with Crippen LogP contribution >= 0.6 is 0 Å². The Labute approximate surface area is 184 Å². The molecule has 166 valence electrons. The van der Waals surface area contributed by atoms with E-state index in [9.17, 15) is 4.79 Å². The van der Waals surface area contributed by atoms with Crippen LogP contribution in [-0.4, -0.2) is 13.2 Å². The molecule has 3 rings (SSSR count). The molecule has 0 saturated carbocycles. The van der Waals surface area contributed by atoms with Crippen LogP contribution in [-0.2, 0) is 6.54 Å². The van der Waals surface area contributed by atoms with Crippen LogP contribution in [0.3, 0.4) is 0 Å². The van der Waals surface area contributed by atoms with E-state index in [0.29, 0.717) is 25.3 Å². The molecule has 2 aromatic carbocycles. The highest BCUT2D eigenvalue weighted by Gasteiger charge is 2.15. The van der Waals surface area contributed by atoms with E-state index >= 15 is 0 Å². The van der Waals surface area contributed by atoms with Crippen molar-refractivity contribution in [1.82, 2.24) is 0 Å². The molecule has 31 heavy (non-hydrogen) atoms. The summed E-state index contributed by atoms with van der Waals surface area (Å²) in [6.07, 6.45) is 1.90. The van der Waals surface area contributed by atoms with Crippen LogP contribution in [0.2, 0.25) is 0 Å². The van der Waals surface area contributed by atoms with E-state index in [-0.39, 0.29) is 11.7 Å². The van der Waals surface area contributed by atoms with Gasteiger partial charge in [-0.3, -0.25) is 0 Å². The van der Waals surface area contributed by atoms with E-state index in [1.165, 1.54) is 5.56 Å². The fourth-order valence-corrected chi connectivity index (χ4v) is 3.56. The molecule has 0 saturated heterocycles. The molecule has 1 atom stereocenters. The van der Waals surface area contributed by atoms with Crippen molar-refractivity contribution in [2.75, 3.05) is 13.2 Å². The number of quaternary nitrogens is 1. The zero-order valence-electron chi connectivity index (χ0n) is 19.3. The van der Waals surface area contributed by atoms with Crippen molar-refractivity contribution in [1.29, 1.82) is 0 Å². The molecule has 0 unspecified atom stereocenters. The summed E-state index contributed by atoms with van der Waals surface area (Å²) in [5.74, 6) is 1.59. The average molecular weight is 425 g/mol. The van der Waals surface area contributed by atoms with Crippen LogP contribution in [0.5, 0.6) is 11.5 Å². The molecule has 1 aromatic heterocycles.